The summed E-state index contributed by atoms with van der Waals surface area (Å²) in [4.78, 5) is 100. The molecule has 2 aliphatic heterocycles. The van der Waals surface area contributed by atoms with Crippen LogP contribution in [0.3, 0.4) is 0 Å². The molecule has 2 saturated heterocycles. The molecule has 2 aliphatic carbocycles. The highest BCUT2D eigenvalue weighted by molar-refractivity contribution is 7.10. The second kappa shape index (κ2) is 26.4. The van der Waals surface area contributed by atoms with Crippen molar-refractivity contribution in [3.8, 4) is 22.5 Å². The summed E-state index contributed by atoms with van der Waals surface area (Å²) in [6.45, 7) is 6.22. The van der Waals surface area contributed by atoms with E-state index < -0.39 is 36.1 Å². The molecule has 0 bridgehead atoms. The minimum atomic E-state index is -0.694. The zero-order valence-electron chi connectivity index (χ0n) is 48.7. The van der Waals surface area contributed by atoms with Gasteiger partial charge in [-0.25, -0.2) is 9.97 Å². The zero-order chi connectivity index (χ0) is 58.4. The first-order valence-electron chi connectivity index (χ1n) is 30.6. The van der Waals surface area contributed by atoms with E-state index in [0.717, 1.165) is 118 Å². The summed E-state index contributed by atoms with van der Waals surface area (Å²) < 4.78 is 0. The van der Waals surface area contributed by atoms with E-state index >= 15 is 9.59 Å². The topological polar surface area (TPSA) is 183 Å². The molecule has 0 unspecified atom stereocenters. The number of ketones is 1. The molecule has 14 nitrogen and oxygen atoms in total. The summed E-state index contributed by atoms with van der Waals surface area (Å²) in [5.74, 6) is -1.62. The number of aromatic nitrogens is 2. The summed E-state index contributed by atoms with van der Waals surface area (Å²) in [6, 6.07) is 32.6. The summed E-state index contributed by atoms with van der Waals surface area (Å²) >= 11 is 3.02. The Hall–Kier alpha value is -7.14. The number of carbonyl (C=O) groups excluding carboxylic acids is 6. The van der Waals surface area contributed by atoms with Crippen molar-refractivity contribution in [3.05, 3.63) is 141 Å². The van der Waals surface area contributed by atoms with Gasteiger partial charge in [-0.15, -0.1) is 22.7 Å². The standard InChI is InChI=1S/C68H78N8O6S2/c1-5-41(2)62(78)74-61(46-22-10-7-11-23-46)68(82)76-38-50(35-59(76)66-73-57(40-84-66)54-29-17-25-44-21-13-15-27-52(44)54)71-64(80)48-32-30-47(31-33-48)63(79)70-49-34-58(65-72-56(39-83-65)53-28-16-24-43-20-12-14-26-51(43)53)75(37-49)67(81)55(36-60(77)42(3)69-4)45-18-8-6-9-19-45/h12-17,20-21,24-33,39-42,45-46,49-50,55,58-59,61,69H,5-11,18-19,22-23,34-38H2,1-4H3,(H,70,79)(H,71,80)(H,74,78)/t41-,42+,49+,50+,55+,58+,59+,61+/m1/s1. The Morgan fingerprint density at radius 2 is 1.05 bits per heavy atom. The third kappa shape index (κ3) is 12.8. The van der Waals surface area contributed by atoms with Crippen LogP contribution in [0.25, 0.3) is 44.1 Å². The lowest BCUT2D eigenvalue weighted by Gasteiger charge is -2.35. The van der Waals surface area contributed by atoms with Gasteiger partial charge in [0.1, 0.15) is 21.8 Å². The van der Waals surface area contributed by atoms with Gasteiger partial charge in [0.25, 0.3) is 11.8 Å². The lowest BCUT2D eigenvalue weighted by molar-refractivity contribution is -0.141. The van der Waals surface area contributed by atoms with Crippen LogP contribution >= 0.6 is 22.7 Å². The molecule has 0 spiro atoms. The number of hydrogen-bond acceptors (Lipinski definition) is 11. The maximum absolute atomic E-state index is 15.2. The van der Waals surface area contributed by atoms with Gasteiger partial charge < -0.3 is 31.1 Å². The molecule has 16 heteroatoms. The van der Waals surface area contributed by atoms with Crippen molar-refractivity contribution < 1.29 is 28.8 Å². The zero-order valence-corrected chi connectivity index (χ0v) is 50.3. The van der Waals surface area contributed by atoms with E-state index in [-0.39, 0.29) is 78.6 Å². The van der Waals surface area contributed by atoms with E-state index in [0.29, 0.717) is 30.4 Å². The van der Waals surface area contributed by atoms with Crippen LogP contribution in [-0.4, -0.2) is 99.4 Å². The molecule has 7 aromatic rings. The Bertz CT molecular complexity index is 3270. The Morgan fingerprint density at radius 1 is 0.583 bits per heavy atom. The van der Waals surface area contributed by atoms with Gasteiger partial charge in [-0.1, -0.05) is 137 Å². The smallest absolute Gasteiger partial charge is 0.251 e. The molecule has 5 amide bonds. The number of likely N-dealkylation sites (N-methyl/N-ethyl adjacent to an activating group) is 1. The fourth-order valence-electron chi connectivity index (χ4n) is 13.4. The third-order valence-electron chi connectivity index (χ3n) is 18.6. The lowest BCUT2D eigenvalue weighted by atomic mass is 9.76. The fraction of sp³-hybridized carbons (Fsp3) is 0.441. The quantitative estimate of drug-likeness (QED) is 0.0612. The molecule has 4 aliphatic rings. The van der Waals surface area contributed by atoms with Crippen molar-refractivity contribution >= 4 is 79.5 Å². The van der Waals surface area contributed by atoms with Gasteiger partial charge in [-0.3, -0.25) is 28.8 Å². The predicted molar refractivity (Wildman–Crippen MR) is 333 cm³/mol. The van der Waals surface area contributed by atoms with Crippen LogP contribution in [0.4, 0.5) is 0 Å². The molecule has 4 heterocycles. The number of nitrogens with one attached hydrogen (secondary N) is 4. The lowest BCUT2D eigenvalue weighted by Crippen LogP contribution is -2.54. The monoisotopic (exact) mass is 1170 g/mol. The van der Waals surface area contributed by atoms with E-state index in [4.69, 9.17) is 9.97 Å². The summed E-state index contributed by atoms with van der Waals surface area (Å²) in [5, 5.41) is 22.8. The molecule has 84 heavy (non-hydrogen) atoms. The number of rotatable bonds is 19. The number of amides is 5. The van der Waals surface area contributed by atoms with Crippen molar-refractivity contribution in [3.63, 3.8) is 0 Å². The highest BCUT2D eigenvalue weighted by Gasteiger charge is 2.46. The van der Waals surface area contributed by atoms with Crippen LogP contribution in [-0.2, 0) is 19.2 Å². The van der Waals surface area contributed by atoms with Crippen LogP contribution in [0.1, 0.15) is 153 Å². The highest BCUT2D eigenvalue weighted by Crippen LogP contribution is 2.43. The summed E-state index contributed by atoms with van der Waals surface area (Å²) in [7, 11) is 1.77. The normalized spacial score (nSPS) is 21.0. The second-order valence-electron chi connectivity index (χ2n) is 24.0. The molecule has 0 radical (unpaired) electrons. The number of benzene rings is 5. The van der Waals surface area contributed by atoms with Crippen LogP contribution in [0.15, 0.2) is 120 Å². The van der Waals surface area contributed by atoms with Gasteiger partial charge in [0.15, 0.2) is 0 Å². The second-order valence-corrected chi connectivity index (χ2v) is 25.8. The largest absolute Gasteiger partial charge is 0.347 e. The molecule has 8 atom stereocenters. The number of fused-ring (bicyclic) bond motifs is 2. The SMILES string of the molecule is CC[C@@H](C)C(=O)N[C@H](C(=O)N1C[C@@H](NC(=O)c2ccc(C(=O)N[C@H]3C[C@@H](c4nc(-c5cccc6ccccc56)cs4)N(C(=O)[C@@H](CC(=O)[C@H](C)NC)C4CCCCC4)C3)cc2)C[C@H]1c1nc(-c2cccc3ccccc23)cs1)C1CCCCC1. The van der Waals surface area contributed by atoms with Crippen LogP contribution in [0.5, 0.6) is 0 Å². The minimum Gasteiger partial charge on any atom is -0.347 e. The van der Waals surface area contributed by atoms with E-state index in [1.54, 1.807) is 31.3 Å². The van der Waals surface area contributed by atoms with Gasteiger partial charge in [-0.05, 0) is 117 Å². The van der Waals surface area contributed by atoms with Gasteiger partial charge >= 0.3 is 0 Å². The Morgan fingerprint density at radius 3 is 1.54 bits per heavy atom. The first-order chi connectivity index (χ1) is 40.8. The summed E-state index contributed by atoms with van der Waals surface area (Å²) in [5.41, 5.74) is 4.39. The number of carbonyl (C=O) groups is 6. The first kappa shape index (κ1) is 58.6. The number of nitrogens with zero attached hydrogens (tertiary/aromatic N) is 4. The van der Waals surface area contributed by atoms with Gasteiger partial charge in [0.05, 0.1) is 29.5 Å². The van der Waals surface area contributed by atoms with Crippen molar-refractivity contribution in [2.45, 2.75) is 147 Å². The van der Waals surface area contributed by atoms with Gasteiger partial charge in [-0.2, -0.15) is 0 Å². The maximum atomic E-state index is 15.2. The fourth-order valence-corrected chi connectivity index (χ4v) is 15.3. The van der Waals surface area contributed by atoms with Crippen LogP contribution < -0.4 is 21.3 Å². The number of hydrogen-bond donors (Lipinski definition) is 4. The predicted octanol–water partition coefficient (Wildman–Crippen LogP) is 12.3. The summed E-state index contributed by atoms with van der Waals surface area (Å²) in [6.07, 6.45) is 11.5. The van der Waals surface area contributed by atoms with Crippen LogP contribution in [0, 0.1) is 23.7 Å². The highest BCUT2D eigenvalue weighted by atomic mass is 32.1. The minimum absolute atomic E-state index is 0.00344. The average molecular weight is 1170 g/mol. The first-order valence-corrected chi connectivity index (χ1v) is 32.3. The molecule has 4 N–H and O–H groups in total. The van der Waals surface area contributed by atoms with Gasteiger partial charge in [0, 0.05) is 76.4 Å². The molecule has 5 aromatic carbocycles. The van der Waals surface area contributed by atoms with E-state index in [1.165, 1.54) is 22.7 Å². The Kier molecular flexibility index (Phi) is 18.4. The third-order valence-corrected chi connectivity index (χ3v) is 20.5. The van der Waals surface area contributed by atoms with Crippen LogP contribution in [0.2, 0.25) is 0 Å². The van der Waals surface area contributed by atoms with E-state index in [2.05, 4.69) is 75.2 Å². The van der Waals surface area contributed by atoms with E-state index in [9.17, 15) is 19.2 Å². The van der Waals surface area contributed by atoms with Crippen molar-refractivity contribution in [2.24, 2.45) is 23.7 Å². The molecule has 438 valence electrons. The molecule has 4 fully saturated rings. The number of likely N-dealkylation sites (tertiary alicyclic amines) is 2. The number of thiazole rings is 2. The molecule has 11 rings (SSSR count). The average Bonchev–Trinajstić information content (AvgIpc) is 2.92. The molecular formula is C68H78N8O6S2. The Labute approximate surface area is 501 Å². The maximum Gasteiger partial charge on any atom is 0.251 e. The van der Waals surface area contributed by atoms with Crippen molar-refractivity contribution in [2.75, 3.05) is 20.1 Å². The molecular weight excluding hydrogens is 1090 g/mol. The molecule has 2 aromatic heterocycles. The van der Waals surface area contributed by atoms with Gasteiger partial charge in [0.2, 0.25) is 17.7 Å². The van der Waals surface area contributed by atoms with Crippen molar-refractivity contribution in [1.29, 1.82) is 0 Å². The van der Waals surface area contributed by atoms with E-state index in [1.807, 2.05) is 72.3 Å². The number of Topliss-reactive ketones (excluding diaryl/α,β-unsaturated/α-hetero) is 1. The molecule has 2 saturated carbocycles. The van der Waals surface area contributed by atoms with Crippen molar-refractivity contribution in [1.82, 2.24) is 41.0 Å². The Balaban J connectivity index is 0.815.